The Kier molecular flexibility index (Phi) is 6.07. The van der Waals surface area contributed by atoms with Crippen LogP contribution in [0.2, 0.25) is 0 Å². The predicted molar refractivity (Wildman–Crippen MR) is 88.4 cm³/mol. The number of nitrogens with one attached hydrogen (secondary N) is 1. The highest BCUT2D eigenvalue weighted by atomic mass is 15.1. The van der Waals surface area contributed by atoms with Gasteiger partial charge in [0, 0.05) is 19.6 Å². The summed E-state index contributed by atoms with van der Waals surface area (Å²) in [6.45, 7) is 8.27. The van der Waals surface area contributed by atoms with Crippen molar-refractivity contribution in [1.29, 1.82) is 5.26 Å². The topological polar surface area (TPSA) is 39.1 Å². The molecule has 114 valence electrons. The minimum atomic E-state index is 0.812. The van der Waals surface area contributed by atoms with E-state index < -0.39 is 0 Å². The molecule has 3 heteroatoms. The van der Waals surface area contributed by atoms with E-state index in [2.05, 4.69) is 42.3 Å². The van der Waals surface area contributed by atoms with Crippen molar-refractivity contribution in [2.45, 2.75) is 46.1 Å². The Morgan fingerprint density at radius 2 is 2.14 bits per heavy atom. The zero-order valence-electron chi connectivity index (χ0n) is 13.4. The van der Waals surface area contributed by atoms with E-state index in [-0.39, 0.29) is 0 Å². The zero-order chi connectivity index (χ0) is 15.1. The minimum Gasteiger partial charge on any atom is -0.370 e. The van der Waals surface area contributed by atoms with E-state index in [0.717, 1.165) is 49.8 Å². The highest BCUT2D eigenvalue weighted by molar-refractivity contribution is 5.60. The molecular weight excluding hydrogens is 258 g/mol. The molecule has 0 saturated heterocycles. The van der Waals surface area contributed by atoms with Crippen LogP contribution >= 0.6 is 0 Å². The molecule has 0 amide bonds. The van der Waals surface area contributed by atoms with Gasteiger partial charge in [-0.05, 0) is 56.3 Å². The van der Waals surface area contributed by atoms with Crippen LogP contribution in [0.15, 0.2) is 18.2 Å². The molecule has 2 rings (SSSR count). The second-order valence-corrected chi connectivity index (χ2v) is 5.98. The number of hydrogen-bond acceptors (Lipinski definition) is 3. The zero-order valence-corrected chi connectivity index (χ0v) is 13.4. The van der Waals surface area contributed by atoms with Gasteiger partial charge in [-0.15, -0.1) is 0 Å². The molecule has 1 N–H and O–H groups in total. The second kappa shape index (κ2) is 8.05. The molecule has 3 nitrogen and oxygen atoms in total. The van der Waals surface area contributed by atoms with Crippen molar-refractivity contribution in [3.8, 4) is 6.07 Å². The molecule has 0 unspecified atom stereocenters. The van der Waals surface area contributed by atoms with Crippen LogP contribution in [-0.2, 0) is 6.54 Å². The Hall–Kier alpha value is -1.53. The first kappa shape index (κ1) is 15.9. The van der Waals surface area contributed by atoms with Gasteiger partial charge in [-0.1, -0.05) is 19.4 Å². The quantitative estimate of drug-likeness (QED) is 0.740. The first-order chi connectivity index (χ1) is 10.3. The maximum Gasteiger partial charge on any atom is 0.101 e. The van der Waals surface area contributed by atoms with E-state index in [4.69, 9.17) is 0 Å². The Morgan fingerprint density at radius 1 is 1.33 bits per heavy atom. The van der Waals surface area contributed by atoms with Gasteiger partial charge in [0.2, 0.25) is 0 Å². The second-order valence-electron chi connectivity index (χ2n) is 5.98. The van der Waals surface area contributed by atoms with Crippen LogP contribution in [0.3, 0.4) is 0 Å². The number of anilines is 1. The van der Waals surface area contributed by atoms with Crippen molar-refractivity contribution in [2.24, 2.45) is 5.92 Å². The van der Waals surface area contributed by atoms with Crippen LogP contribution in [-0.4, -0.2) is 19.6 Å². The fourth-order valence-corrected chi connectivity index (χ4v) is 2.85. The van der Waals surface area contributed by atoms with Crippen molar-refractivity contribution in [1.82, 2.24) is 5.32 Å². The average molecular weight is 285 g/mol. The molecule has 0 radical (unpaired) electrons. The fraction of sp³-hybridized carbons (Fsp3) is 0.611. The van der Waals surface area contributed by atoms with Gasteiger partial charge in [0.25, 0.3) is 0 Å². The van der Waals surface area contributed by atoms with Gasteiger partial charge in [0.15, 0.2) is 0 Å². The summed E-state index contributed by atoms with van der Waals surface area (Å²) in [7, 11) is 0. The standard InChI is InChI=1S/C18H27N3/c1-3-10-20-13-16-8-9-18(17(11-16)12-19)21(4-2)14-15-6-5-7-15/h8-9,11,15,20H,3-7,10,13-14H2,1-2H3. The van der Waals surface area contributed by atoms with Crippen LogP contribution in [0.4, 0.5) is 5.69 Å². The molecule has 1 fully saturated rings. The van der Waals surface area contributed by atoms with Gasteiger partial charge >= 0.3 is 0 Å². The highest BCUT2D eigenvalue weighted by Crippen LogP contribution is 2.30. The summed E-state index contributed by atoms with van der Waals surface area (Å²) < 4.78 is 0. The first-order valence-corrected chi connectivity index (χ1v) is 8.27. The molecule has 0 atom stereocenters. The minimum absolute atomic E-state index is 0.812. The highest BCUT2D eigenvalue weighted by Gasteiger charge is 2.21. The molecule has 0 heterocycles. The van der Waals surface area contributed by atoms with Crippen LogP contribution in [0.5, 0.6) is 0 Å². The van der Waals surface area contributed by atoms with Gasteiger partial charge < -0.3 is 10.2 Å². The van der Waals surface area contributed by atoms with Gasteiger partial charge in [0.05, 0.1) is 11.3 Å². The van der Waals surface area contributed by atoms with Gasteiger partial charge in [0.1, 0.15) is 6.07 Å². The summed E-state index contributed by atoms with van der Waals surface area (Å²) in [4.78, 5) is 2.37. The molecule has 0 spiro atoms. The lowest BCUT2D eigenvalue weighted by atomic mass is 9.85. The van der Waals surface area contributed by atoms with Gasteiger partial charge in [-0.3, -0.25) is 0 Å². The monoisotopic (exact) mass is 285 g/mol. The van der Waals surface area contributed by atoms with Crippen molar-refractivity contribution in [3.05, 3.63) is 29.3 Å². The number of nitriles is 1. The molecule has 1 aliphatic rings. The lowest BCUT2D eigenvalue weighted by Crippen LogP contribution is -2.33. The molecule has 21 heavy (non-hydrogen) atoms. The molecule has 1 aromatic rings. The number of hydrogen-bond donors (Lipinski definition) is 1. The third-order valence-corrected chi connectivity index (χ3v) is 4.36. The van der Waals surface area contributed by atoms with Crippen LogP contribution in [0.25, 0.3) is 0 Å². The summed E-state index contributed by atoms with van der Waals surface area (Å²) >= 11 is 0. The predicted octanol–water partition coefficient (Wildman–Crippen LogP) is 3.68. The number of rotatable bonds is 8. The smallest absolute Gasteiger partial charge is 0.101 e. The summed E-state index contributed by atoms with van der Waals surface area (Å²) in [5.41, 5.74) is 3.11. The lowest BCUT2D eigenvalue weighted by molar-refractivity contribution is 0.318. The van der Waals surface area contributed by atoms with Crippen molar-refractivity contribution < 1.29 is 0 Å². The lowest BCUT2D eigenvalue weighted by Gasteiger charge is -2.33. The largest absolute Gasteiger partial charge is 0.370 e. The molecule has 0 aliphatic heterocycles. The van der Waals surface area contributed by atoms with Crippen molar-refractivity contribution in [2.75, 3.05) is 24.5 Å². The summed E-state index contributed by atoms with van der Waals surface area (Å²) in [6.07, 6.45) is 5.19. The third kappa shape index (κ3) is 4.22. The van der Waals surface area contributed by atoms with Gasteiger partial charge in [-0.25, -0.2) is 0 Å². The van der Waals surface area contributed by atoms with E-state index in [1.807, 2.05) is 6.07 Å². The van der Waals surface area contributed by atoms with E-state index in [1.165, 1.54) is 24.8 Å². The molecule has 0 bridgehead atoms. The number of nitrogens with zero attached hydrogens (tertiary/aromatic N) is 2. The van der Waals surface area contributed by atoms with Crippen molar-refractivity contribution >= 4 is 5.69 Å². The molecule has 1 aromatic carbocycles. The maximum absolute atomic E-state index is 9.47. The number of benzene rings is 1. The third-order valence-electron chi connectivity index (χ3n) is 4.36. The Morgan fingerprint density at radius 3 is 2.71 bits per heavy atom. The fourth-order valence-electron chi connectivity index (χ4n) is 2.85. The maximum atomic E-state index is 9.47. The van der Waals surface area contributed by atoms with Crippen LogP contribution in [0, 0.1) is 17.2 Å². The van der Waals surface area contributed by atoms with Crippen molar-refractivity contribution in [3.63, 3.8) is 0 Å². The summed E-state index contributed by atoms with van der Waals surface area (Å²) in [5, 5.41) is 12.9. The van der Waals surface area contributed by atoms with Crippen LogP contribution in [0.1, 0.15) is 50.7 Å². The first-order valence-electron chi connectivity index (χ1n) is 8.27. The Balaban J connectivity index is 2.08. The summed E-state index contributed by atoms with van der Waals surface area (Å²) in [6, 6.07) is 8.71. The Bertz CT molecular complexity index is 486. The van der Waals surface area contributed by atoms with E-state index >= 15 is 0 Å². The summed E-state index contributed by atoms with van der Waals surface area (Å²) in [5.74, 6) is 0.822. The van der Waals surface area contributed by atoms with E-state index in [0.29, 0.717) is 0 Å². The SMILES string of the molecule is CCCNCc1ccc(N(CC)CC2CCC2)c(C#N)c1. The molecular formula is C18H27N3. The van der Waals surface area contributed by atoms with E-state index in [9.17, 15) is 5.26 Å². The van der Waals surface area contributed by atoms with E-state index in [1.54, 1.807) is 0 Å². The van der Waals surface area contributed by atoms with Crippen LogP contribution < -0.4 is 10.2 Å². The molecule has 1 saturated carbocycles. The van der Waals surface area contributed by atoms with Gasteiger partial charge in [-0.2, -0.15) is 5.26 Å². The normalized spacial score (nSPS) is 14.5. The Labute approximate surface area is 129 Å². The molecule has 0 aromatic heterocycles. The molecule has 1 aliphatic carbocycles. The average Bonchev–Trinajstić information content (AvgIpc) is 2.47.